The molecular weight excluding hydrogens is 416 g/mol. The number of rotatable bonds is 6. The number of nitrogens with one attached hydrogen (secondary N) is 2. The van der Waals surface area contributed by atoms with Gasteiger partial charge in [-0.25, -0.2) is 0 Å². The number of halogens is 1. The van der Waals surface area contributed by atoms with E-state index in [2.05, 4.69) is 10.6 Å². The average molecular weight is 441 g/mol. The van der Waals surface area contributed by atoms with Crippen LogP contribution in [0.25, 0.3) is 6.08 Å². The monoisotopic (exact) mass is 440 g/mol. The van der Waals surface area contributed by atoms with Crippen molar-refractivity contribution in [3.8, 4) is 0 Å². The maximum atomic E-state index is 12.5. The van der Waals surface area contributed by atoms with Crippen LogP contribution in [0.2, 0.25) is 5.02 Å². The third-order valence-corrected chi connectivity index (χ3v) is 5.18. The van der Waals surface area contributed by atoms with Crippen LogP contribution in [0.1, 0.15) is 12.5 Å². The van der Waals surface area contributed by atoms with Gasteiger partial charge in [0.05, 0.1) is 17.3 Å². The van der Waals surface area contributed by atoms with Crippen molar-refractivity contribution in [1.29, 1.82) is 0 Å². The number of amides is 3. The lowest BCUT2D eigenvalue weighted by Crippen LogP contribution is -2.50. The predicted octanol–water partition coefficient (Wildman–Crippen LogP) is 3.09. The molecule has 1 fully saturated rings. The first-order valence-electron chi connectivity index (χ1n) is 10.0. The zero-order chi connectivity index (χ0) is 22.2. The Morgan fingerprint density at radius 2 is 1.65 bits per heavy atom. The van der Waals surface area contributed by atoms with E-state index in [1.54, 1.807) is 41.3 Å². The van der Waals surface area contributed by atoms with Gasteiger partial charge in [0.15, 0.2) is 0 Å². The molecule has 3 rings (SSSR count). The Morgan fingerprint density at radius 3 is 2.29 bits per heavy atom. The average Bonchev–Trinajstić information content (AvgIpc) is 2.75. The summed E-state index contributed by atoms with van der Waals surface area (Å²) in [4.78, 5) is 39.6. The third-order valence-electron chi connectivity index (χ3n) is 4.85. The number of nitrogens with zero attached hydrogens (tertiary/aromatic N) is 2. The van der Waals surface area contributed by atoms with Gasteiger partial charge in [-0.1, -0.05) is 35.9 Å². The molecule has 1 aliphatic rings. The quantitative estimate of drug-likeness (QED) is 0.676. The fraction of sp³-hybridized carbons (Fsp3) is 0.261. The topological polar surface area (TPSA) is 81.8 Å². The predicted molar refractivity (Wildman–Crippen MR) is 123 cm³/mol. The van der Waals surface area contributed by atoms with E-state index in [0.29, 0.717) is 42.6 Å². The summed E-state index contributed by atoms with van der Waals surface area (Å²) in [6.07, 6.45) is 3.30. The molecule has 0 aromatic heterocycles. The summed E-state index contributed by atoms with van der Waals surface area (Å²) >= 11 is 6.07. The molecular formula is C23H25ClN4O3. The molecule has 7 nitrogen and oxygen atoms in total. The second-order valence-corrected chi connectivity index (χ2v) is 7.67. The molecule has 0 atom stereocenters. The van der Waals surface area contributed by atoms with E-state index < -0.39 is 0 Å². The summed E-state index contributed by atoms with van der Waals surface area (Å²) in [6, 6.07) is 14.4. The number of piperazine rings is 1. The molecule has 3 amide bonds. The first-order chi connectivity index (χ1) is 14.9. The van der Waals surface area contributed by atoms with E-state index in [-0.39, 0.29) is 24.3 Å². The molecule has 0 spiro atoms. The molecule has 1 heterocycles. The summed E-state index contributed by atoms with van der Waals surface area (Å²) in [5.74, 6) is -0.319. The summed E-state index contributed by atoms with van der Waals surface area (Å²) in [6.45, 7) is 4.08. The minimum Gasteiger partial charge on any atom is -0.337 e. The van der Waals surface area contributed by atoms with E-state index in [4.69, 9.17) is 11.6 Å². The Bertz CT molecular complexity index is 967. The van der Waals surface area contributed by atoms with Gasteiger partial charge in [-0.05, 0) is 35.9 Å². The van der Waals surface area contributed by atoms with Crippen molar-refractivity contribution in [1.82, 2.24) is 9.80 Å². The van der Waals surface area contributed by atoms with Gasteiger partial charge >= 0.3 is 0 Å². The number of hydrogen-bond donors (Lipinski definition) is 2. The van der Waals surface area contributed by atoms with E-state index in [1.807, 2.05) is 29.2 Å². The van der Waals surface area contributed by atoms with Crippen molar-refractivity contribution in [2.75, 3.05) is 43.4 Å². The molecule has 2 aromatic carbocycles. The number of carbonyl (C=O) groups excluding carboxylic acids is 3. The molecule has 0 unspecified atom stereocenters. The number of hydrogen-bond acceptors (Lipinski definition) is 4. The second-order valence-electron chi connectivity index (χ2n) is 7.27. The molecule has 2 N–H and O–H groups in total. The summed E-state index contributed by atoms with van der Waals surface area (Å²) in [5.41, 5.74) is 2.18. The van der Waals surface area contributed by atoms with Crippen molar-refractivity contribution in [2.24, 2.45) is 0 Å². The lowest BCUT2D eigenvalue weighted by molar-refractivity contribution is -0.128. The van der Waals surface area contributed by atoms with Crippen molar-refractivity contribution >= 4 is 46.8 Å². The largest absolute Gasteiger partial charge is 0.337 e. The SMILES string of the molecule is CC(=O)Nc1ccc(/C=C/C(=O)N2CCN(CC(=O)Nc3ccccc3Cl)CC2)cc1. The van der Waals surface area contributed by atoms with Crippen LogP contribution in [0.5, 0.6) is 0 Å². The molecule has 0 radical (unpaired) electrons. The van der Waals surface area contributed by atoms with E-state index in [0.717, 1.165) is 5.56 Å². The molecule has 0 bridgehead atoms. The molecule has 1 aliphatic heterocycles. The van der Waals surface area contributed by atoms with Crippen LogP contribution in [0.15, 0.2) is 54.6 Å². The first kappa shape index (κ1) is 22.5. The molecule has 8 heteroatoms. The van der Waals surface area contributed by atoms with Crippen LogP contribution < -0.4 is 10.6 Å². The first-order valence-corrected chi connectivity index (χ1v) is 10.4. The Morgan fingerprint density at radius 1 is 0.968 bits per heavy atom. The molecule has 162 valence electrons. The van der Waals surface area contributed by atoms with E-state index in [1.165, 1.54) is 6.92 Å². The van der Waals surface area contributed by atoms with Crippen molar-refractivity contribution in [2.45, 2.75) is 6.92 Å². The molecule has 2 aromatic rings. The smallest absolute Gasteiger partial charge is 0.246 e. The lowest BCUT2D eigenvalue weighted by atomic mass is 10.2. The summed E-state index contributed by atoms with van der Waals surface area (Å²) in [7, 11) is 0. The highest BCUT2D eigenvalue weighted by atomic mass is 35.5. The number of para-hydroxylation sites is 1. The van der Waals surface area contributed by atoms with Crippen LogP contribution >= 0.6 is 11.6 Å². The zero-order valence-electron chi connectivity index (χ0n) is 17.3. The van der Waals surface area contributed by atoms with Crippen LogP contribution in [-0.4, -0.2) is 60.2 Å². The Balaban J connectivity index is 1.44. The normalized spacial score (nSPS) is 14.5. The van der Waals surface area contributed by atoms with E-state index >= 15 is 0 Å². The highest BCUT2D eigenvalue weighted by molar-refractivity contribution is 6.33. The maximum absolute atomic E-state index is 12.5. The van der Waals surface area contributed by atoms with Crippen molar-refractivity contribution in [3.05, 3.63) is 65.2 Å². The minimum atomic E-state index is -0.129. The Labute approximate surface area is 186 Å². The zero-order valence-corrected chi connectivity index (χ0v) is 18.1. The van der Waals surface area contributed by atoms with Gasteiger partial charge in [-0.2, -0.15) is 0 Å². The number of anilines is 2. The third kappa shape index (κ3) is 6.94. The molecule has 0 aliphatic carbocycles. The Kier molecular flexibility index (Phi) is 7.81. The van der Waals surface area contributed by atoms with E-state index in [9.17, 15) is 14.4 Å². The molecule has 31 heavy (non-hydrogen) atoms. The van der Waals surface area contributed by atoms with Crippen LogP contribution in [0.3, 0.4) is 0 Å². The van der Waals surface area contributed by atoms with Gasteiger partial charge in [-0.3, -0.25) is 19.3 Å². The fourth-order valence-electron chi connectivity index (χ4n) is 3.24. The van der Waals surface area contributed by atoms with Crippen LogP contribution in [0.4, 0.5) is 11.4 Å². The Hall–Kier alpha value is -3.16. The molecule has 0 saturated carbocycles. The van der Waals surface area contributed by atoms with Gasteiger partial charge < -0.3 is 15.5 Å². The van der Waals surface area contributed by atoms with Gasteiger partial charge in [0.2, 0.25) is 17.7 Å². The minimum absolute atomic E-state index is 0.0638. The highest BCUT2D eigenvalue weighted by Gasteiger charge is 2.21. The van der Waals surface area contributed by atoms with Crippen LogP contribution in [-0.2, 0) is 14.4 Å². The standard InChI is InChI=1S/C23H25ClN4O3/c1-17(29)25-19-9-6-18(7-10-19)8-11-23(31)28-14-12-27(13-15-28)16-22(30)26-21-5-3-2-4-20(21)24/h2-11H,12-16H2,1H3,(H,25,29)(H,26,30)/b11-8+. The lowest BCUT2D eigenvalue weighted by Gasteiger charge is -2.33. The summed E-state index contributed by atoms with van der Waals surface area (Å²) < 4.78 is 0. The molecule has 1 saturated heterocycles. The number of benzene rings is 2. The van der Waals surface area contributed by atoms with Crippen molar-refractivity contribution < 1.29 is 14.4 Å². The van der Waals surface area contributed by atoms with Gasteiger partial charge in [-0.15, -0.1) is 0 Å². The van der Waals surface area contributed by atoms with Gasteiger partial charge in [0.25, 0.3) is 0 Å². The fourth-order valence-corrected chi connectivity index (χ4v) is 3.42. The maximum Gasteiger partial charge on any atom is 0.246 e. The highest BCUT2D eigenvalue weighted by Crippen LogP contribution is 2.20. The summed E-state index contributed by atoms with van der Waals surface area (Å²) in [5, 5.41) is 6.02. The second kappa shape index (κ2) is 10.7. The van der Waals surface area contributed by atoms with Gasteiger partial charge in [0, 0.05) is 44.9 Å². The van der Waals surface area contributed by atoms with Crippen molar-refractivity contribution in [3.63, 3.8) is 0 Å². The van der Waals surface area contributed by atoms with Crippen LogP contribution in [0, 0.1) is 0 Å². The number of carbonyl (C=O) groups is 3. The van der Waals surface area contributed by atoms with Gasteiger partial charge in [0.1, 0.15) is 0 Å².